The molecule has 1 aliphatic heterocycles. The smallest absolute Gasteiger partial charge is 0.279 e. The minimum absolute atomic E-state index is 0.0610. The summed E-state index contributed by atoms with van der Waals surface area (Å²) in [5.41, 5.74) is 0. The predicted octanol–water partition coefficient (Wildman–Crippen LogP) is 14.0. The molecule has 1 N–H and O–H groups in total. The van der Waals surface area contributed by atoms with Gasteiger partial charge in [0.2, 0.25) is 0 Å². The van der Waals surface area contributed by atoms with Crippen molar-refractivity contribution in [2.24, 2.45) is 0 Å². The number of ether oxygens (including phenoxy) is 2. The quantitative estimate of drug-likeness (QED) is 0.0499. The van der Waals surface area contributed by atoms with E-state index in [-0.39, 0.29) is 11.3 Å². The molecule has 0 aromatic carbocycles. The van der Waals surface area contributed by atoms with E-state index in [0.717, 1.165) is 38.4 Å². The normalized spacial score (nSPS) is 13.8. The van der Waals surface area contributed by atoms with Gasteiger partial charge in [0, 0.05) is 25.5 Å². The highest BCUT2D eigenvalue weighted by Crippen LogP contribution is 2.13. The first-order valence-electron chi connectivity index (χ1n) is 22.9. The molecule has 1 amide bonds. The van der Waals surface area contributed by atoms with E-state index in [2.05, 4.69) is 48.4 Å². The molecule has 52 heavy (non-hydrogen) atoms. The molecule has 306 valence electrons. The highest BCUT2D eigenvalue weighted by molar-refractivity contribution is 8.13. The van der Waals surface area contributed by atoms with E-state index in [1.807, 2.05) is 0 Å². The first-order chi connectivity index (χ1) is 25.8. The zero-order chi connectivity index (χ0) is 37.3. The number of carbonyl (C=O) groups excluding carboxylic acids is 1. The van der Waals surface area contributed by atoms with Gasteiger partial charge in [-0.05, 0) is 90.1 Å². The maximum absolute atomic E-state index is 12.7. The van der Waals surface area contributed by atoms with E-state index in [1.165, 1.54) is 205 Å². The van der Waals surface area contributed by atoms with Crippen LogP contribution in [0.3, 0.4) is 0 Å². The number of nitrogens with zero attached hydrogens (tertiary/aromatic N) is 1. The fourth-order valence-electron chi connectivity index (χ4n) is 6.97. The molecule has 0 unspecified atom stereocenters. The molecule has 0 aromatic heterocycles. The van der Waals surface area contributed by atoms with Crippen LogP contribution >= 0.6 is 11.8 Å². The lowest BCUT2D eigenvalue weighted by atomic mass is 10.1. The molecule has 1 heterocycles. The number of amides is 1. The molecule has 0 aliphatic carbocycles. The van der Waals surface area contributed by atoms with Crippen molar-refractivity contribution >= 4 is 17.0 Å². The number of thioether (sulfide) groups is 1. The van der Waals surface area contributed by atoms with E-state index in [0.29, 0.717) is 13.2 Å². The maximum atomic E-state index is 12.7. The van der Waals surface area contributed by atoms with Crippen LogP contribution in [0.1, 0.15) is 206 Å². The summed E-state index contributed by atoms with van der Waals surface area (Å²) in [6, 6.07) is -0.0741. The largest absolute Gasteiger partial charge is 0.379 e. The van der Waals surface area contributed by atoms with Crippen LogP contribution in [0.15, 0.2) is 24.3 Å². The van der Waals surface area contributed by atoms with Crippen molar-refractivity contribution in [3.63, 3.8) is 0 Å². The highest BCUT2D eigenvalue weighted by Gasteiger charge is 2.15. The van der Waals surface area contributed by atoms with Crippen LogP contribution in [0, 0.1) is 0 Å². The second kappa shape index (κ2) is 41.3. The fraction of sp³-hybridized carbons (Fsp3) is 0.891. The number of allylic oxidation sites excluding steroid dienone is 4. The van der Waals surface area contributed by atoms with E-state index in [9.17, 15) is 4.79 Å². The number of rotatable bonds is 40. The summed E-state index contributed by atoms with van der Waals surface area (Å²) in [4.78, 5) is 15.2. The summed E-state index contributed by atoms with van der Waals surface area (Å²) < 4.78 is 12.1. The van der Waals surface area contributed by atoms with Crippen LogP contribution in [-0.2, 0) is 9.47 Å². The lowest BCUT2D eigenvalue weighted by Gasteiger charge is -2.19. The molecule has 0 saturated carbocycles. The second-order valence-electron chi connectivity index (χ2n) is 15.6. The van der Waals surface area contributed by atoms with Gasteiger partial charge >= 0.3 is 0 Å². The average molecular weight is 749 g/mol. The number of unbranched alkanes of at least 4 members (excludes halogenated alkanes) is 24. The van der Waals surface area contributed by atoms with Crippen molar-refractivity contribution in [1.29, 1.82) is 0 Å². The van der Waals surface area contributed by atoms with Gasteiger partial charge in [-0.15, -0.1) is 0 Å². The van der Waals surface area contributed by atoms with Crippen LogP contribution in [0.5, 0.6) is 0 Å². The summed E-state index contributed by atoms with van der Waals surface area (Å²) in [5.74, 6) is 0.852. The molecule has 5 nitrogen and oxygen atoms in total. The average Bonchev–Trinajstić information content (AvgIpc) is 3.67. The Morgan fingerprint density at radius 2 is 0.923 bits per heavy atom. The SMILES string of the molecule is CCCCCCCC/C=C\CCCCCCCCOCC(COCCCCCCCC/C=C\CCCCCCCC)NC(=O)SCCN1CCCC1. The van der Waals surface area contributed by atoms with Gasteiger partial charge in [-0.25, -0.2) is 0 Å². The number of likely N-dealkylation sites (tertiary alicyclic amines) is 1. The minimum Gasteiger partial charge on any atom is -0.379 e. The fourth-order valence-corrected chi connectivity index (χ4v) is 7.75. The van der Waals surface area contributed by atoms with Crippen molar-refractivity contribution < 1.29 is 14.3 Å². The van der Waals surface area contributed by atoms with Gasteiger partial charge in [0.1, 0.15) is 0 Å². The molecule has 0 radical (unpaired) electrons. The molecule has 0 bridgehead atoms. The van der Waals surface area contributed by atoms with E-state index < -0.39 is 0 Å². The summed E-state index contributed by atoms with van der Waals surface area (Å²) in [5, 5.41) is 3.26. The van der Waals surface area contributed by atoms with Gasteiger partial charge in [0.05, 0.1) is 19.3 Å². The Morgan fingerprint density at radius 1 is 0.558 bits per heavy atom. The summed E-state index contributed by atoms with van der Waals surface area (Å²) in [6.07, 6.45) is 49.0. The second-order valence-corrected chi connectivity index (χ2v) is 16.6. The Hall–Kier alpha value is -0.820. The molecule has 1 rings (SSSR count). The third kappa shape index (κ3) is 36.2. The Kier molecular flexibility index (Phi) is 39.1. The molecule has 0 aromatic rings. The van der Waals surface area contributed by atoms with Crippen molar-refractivity contribution in [3.8, 4) is 0 Å². The molecular formula is C46H88N2O3S. The monoisotopic (exact) mass is 749 g/mol. The van der Waals surface area contributed by atoms with Gasteiger partial charge in [0.15, 0.2) is 0 Å². The van der Waals surface area contributed by atoms with Crippen molar-refractivity contribution in [2.45, 2.75) is 213 Å². The zero-order valence-electron chi connectivity index (χ0n) is 34.8. The molecule has 1 fully saturated rings. The van der Waals surface area contributed by atoms with E-state index >= 15 is 0 Å². The Morgan fingerprint density at radius 3 is 1.33 bits per heavy atom. The topological polar surface area (TPSA) is 50.8 Å². The Balaban J connectivity index is 2.08. The van der Waals surface area contributed by atoms with E-state index in [4.69, 9.17) is 9.47 Å². The lowest BCUT2D eigenvalue weighted by molar-refractivity contribution is 0.0569. The first kappa shape index (κ1) is 49.2. The van der Waals surface area contributed by atoms with Crippen molar-refractivity contribution in [3.05, 3.63) is 24.3 Å². The molecule has 0 atom stereocenters. The lowest BCUT2D eigenvalue weighted by Crippen LogP contribution is -2.40. The van der Waals surface area contributed by atoms with Crippen LogP contribution in [0.25, 0.3) is 0 Å². The Bertz CT molecular complexity index is 740. The van der Waals surface area contributed by atoms with Gasteiger partial charge in [-0.2, -0.15) is 0 Å². The summed E-state index contributed by atoms with van der Waals surface area (Å²) in [6.45, 7) is 10.5. The highest BCUT2D eigenvalue weighted by atomic mass is 32.2. The minimum atomic E-state index is -0.0741. The van der Waals surface area contributed by atoms with Gasteiger partial charge < -0.3 is 19.7 Å². The molecule has 1 saturated heterocycles. The van der Waals surface area contributed by atoms with Crippen molar-refractivity contribution in [2.75, 3.05) is 51.8 Å². The van der Waals surface area contributed by atoms with Crippen LogP contribution in [0.4, 0.5) is 4.79 Å². The zero-order valence-corrected chi connectivity index (χ0v) is 35.7. The standard InChI is InChI=1S/C46H88N2O3S/c1-3-5-7-9-11-13-15-17-19-21-23-25-27-29-31-35-40-50-43-45(47-46(49)52-42-39-48-37-33-34-38-48)44-51-41-36-32-30-28-26-24-22-20-18-16-14-12-10-8-6-4-2/h17-20,45H,3-16,21-44H2,1-2H3,(H,47,49)/b19-17-,20-18-. The van der Waals surface area contributed by atoms with Crippen LogP contribution in [-0.4, -0.2) is 68.0 Å². The third-order valence-electron chi connectivity index (χ3n) is 10.4. The van der Waals surface area contributed by atoms with Crippen molar-refractivity contribution in [1.82, 2.24) is 10.2 Å². The van der Waals surface area contributed by atoms with Gasteiger partial charge in [-0.1, -0.05) is 165 Å². The van der Waals surface area contributed by atoms with Crippen LogP contribution in [0.2, 0.25) is 0 Å². The Labute approximate surface area is 329 Å². The van der Waals surface area contributed by atoms with Gasteiger partial charge in [-0.3, -0.25) is 4.79 Å². The first-order valence-corrected chi connectivity index (χ1v) is 23.9. The maximum Gasteiger partial charge on any atom is 0.279 e. The molecule has 6 heteroatoms. The van der Waals surface area contributed by atoms with Crippen LogP contribution < -0.4 is 5.32 Å². The summed E-state index contributed by atoms with van der Waals surface area (Å²) >= 11 is 1.41. The number of hydrogen-bond donors (Lipinski definition) is 1. The van der Waals surface area contributed by atoms with E-state index in [1.54, 1.807) is 0 Å². The third-order valence-corrected chi connectivity index (χ3v) is 11.2. The molecule has 0 spiro atoms. The predicted molar refractivity (Wildman–Crippen MR) is 231 cm³/mol. The summed E-state index contributed by atoms with van der Waals surface area (Å²) in [7, 11) is 0. The molecule has 1 aliphatic rings. The number of nitrogens with one attached hydrogen (secondary N) is 1. The van der Waals surface area contributed by atoms with Gasteiger partial charge in [0.25, 0.3) is 5.24 Å². The molecular weight excluding hydrogens is 661 g/mol. The number of hydrogen-bond acceptors (Lipinski definition) is 5. The number of carbonyl (C=O) groups is 1.